The maximum atomic E-state index is 6.28. The molecule has 3 nitrogen and oxygen atoms in total. The summed E-state index contributed by atoms with van der Waals surface area (Å²) in [7, 11) is 0. The van der Waals surface area contributed by atoms with Gasteiger partial charge in [0.1, 0.15) is 12.4 Å². The summed E-state index contributed by atoms with van der Waals surface area (Å²) in [6, 6.07) is 6.23. The Morgan fingerprint density at radius 1 is 1.45 bits per heavy atom. The molecule has 1 atom stereocenters. The molecule has 1 aromatic heterocycles. The predicted octanol–water partition coefficient (Wildman–Crippen LogP) is 4.44. The van der Waals surface area contributed by atoms with Crippen molar-refractivity contribution in [3.8, 4) is 5.75 Å². The first-order chi connectivity index (χ1) is 9.70. The number of hydrogen-bond donors (Lipinski definition) is 1. The number of ether oxygens (including phenoxy) is 1. The van der Waals surface area contributed by atoms with Crippen molar-refractivity contribution in [2.45, 2.75) is 32.9 Å². The maximum absolute atomic E-state index is 6.28. The highest BCUT2D eigenvalue weighted by atomic mass is 35.5. The second-order valence-corrected chi connectivity index (χ2v) is 5.76. The van der Waals surface area contributed by atoms with Gasteiger partial charge < -0.3 is 10.1 Å². The Kier molecular flexibility index (Phi) is 5.83. The van der Waals surface area contributed by atoms with E-state index in [-0.39, 0.29) is 0 Å². The van der Waals surface area contributed by atoms with Gasteiger partial charge in [-0.3, -0.25) is 0 Å². The van der Waals surface area contributed by atoms with Gasteiger partial charge in [-0.1, -0.05) is 24.6 Å². The number of hydrogen-bond acceptors (Lipinski definition) is 4. The zero-order valence-electron chi connectivity index (χ0n) is 11.7. The van der Waals surface area contributed by atoms with E-state index in [9.17, 15) is 0 Å². The molecule has 0 amide bonds. The molecule has 0 aliphatic carbocycles. The molecule has 0 aliphatic rings. The first-order valence-electron chi connectivity index (χ1n) is 6.73. The lowest BCUT2D eigenvalue weighted by atomic mass is 10.1. The highest BCUT2D eigenvalue weighted by Gasteiger charge is 2.09. The van der Waals surface area contributed by atoms with E-state index in [1.54, 1.807) is 16.8 Å². The molecular formula is C15H19ClN2OS. The summed E-state index contributed by atoms with van der Waals surface area (Å²) in [5.74, 6) is 0.700. The molecule has 0 fully saturated rings. The van der Waals surface area contributed by atoms with Gasteiger partial charge in [-0.15, -0.1) is 11.3 Å². The third kappa shape index (κ3) is 4.20. The van der Waals surface area contributed by atoms with Crippen LogP contribution in [0.2, 0.25) is 5.02 Å². The van der Waals surface area contributed by atoms with Gasteiger partial charge in [0.2, 0.25) is 0 Å². The Hall–Kier alpha value is -1.10. The van der Waals surface area contributed by atoms with Gasteiger partial charge >= 0.3 is 0 Å². The molecule has 2 aromatic rings. The molecule has 2 rings (SSSR count). The number of aromatic nitrogens is 1. The van der Waals surface area contributed by atoms with Crippen molar-refractivity contribution in [2.75, 3.05) is 6.54 Å². The molecule has 1 N–H and O–H groups in total. The number of nitrogens with zero attached hydrogens (tertiary/aromatic N) is 1. The normalized spacial score (nSPS) is 12.3. The standard InChI is InChI=1S/C15H19ClN2OS/c1-3-6-17-11(2)12-4-5-15(14(16)7-12)19-8-13-9-20-10-18-13/h4-5,7,9-11,17H,3,6,8H2,1-2H3. The maximum Gasteiger partial charge on any atom is 0.138 e. The number of halogens is 1. The van der Waals surface area contributed by atoms with E-state index in [0.29, 0.717) is 23.4 Å². The SMILES string of the molecule is CCCNC(C)c1ccc(OCc2cscn2)c(Cl)c1. The van der Waals surface area contributed by atoms with Crippen LogP contribution in [0.25, 0.3) is 0 Å². The van der Waals surface area contributed by atoms with Crippen molar-refractivity contribution in [1.29, 1.82) is 0 Å². The monoisotopic (exact) mass is 310 g/mol. The predicted molar refractivity (Wildman–Crippen MR) is 84.6 cm³/mol. The molecule has 20 heavy (non-hydrogen) atoms. The summed E-state index contributed by atoms with van der Waals surface area (Å²) in [6.07, 6.45) is 1.12. The van der Waals surface area contributed by atoms with Crippen molar-refractivity contribution in [2.24, 2.45) is 0 Å². The van der Waals surface area contributed by atoms with E-state index < -0.39 is 0 Å². The van der Waals surface area contributed by atoms with Crippen LogP contribution in [0.4, 0.5) is 0 Å². The third-order valence-corrected chi connectivity index (χ3v) is 3.95. The lowest BCUT2D eigenvalue weighted by Crippen LogP contribution is -2.19. The lowest BCUT2D eigenvalue weighted by molar-refractivity contribution is 0.302. The summed E-state index contributed by atoms with van der Waals surface area (Å²) in [4.78, 5) is 4.18. The highest BCUT2D eigenvalue weighted by molar-refractivity contribution is 7.07. The molecule has 5 heteroatoms. The Morgan fingerprint density at radius 3 is 2.95 bits per heavy atom. The number of nitrogens with one attached hydrogen (secondary N) is 1. The van der Waals surface area contributed by atoms with E-state index in [0.717, 1.165) is 18.7 Å². The summed E-state index contributed by atoms with van der Waals surface area (Å²) in [5.41, 5.74) is 3.89. The van der Waals surface area contributed by atoms with Gasteiger partial charge in [0.05, 0.1) is 16.2 Å². The summed E-state index contributed by atoms with van der Waals surface area (Å²) < 4.78 is 5.69. The quantitative estimate of drug-likeness (QED) is 0.821. The molecule has 108 valence electrons. The van der Waals surface area contributed by atoms with Gasteiger partial charge in [0.25, 0.3) is 0 Å². The topological polar surface area (TPSA) is 34.1 Å². The third-order valence-electron chi connectivity index (χ3n) is 3.02. The van der Waals surface area contributed by atoms with Crippen molar-refractivity contribution in [3.05, 3.63) is 45.4 Å². The second-order valence-electron chi connectivity index (χ2n) is 4.63. The second kappa shape index (κ2) is 7.62. The molecule has 1 aromatic carbocycles. The van der Waals surface area contributed by atoms with Crippen molar-refractivity contribution < 1.29 is 4.74 Å². The Bertz CT molecular complexity index is 531. The molecule has 1 heterocycles. The van der Waals surface area contributed by atoms with Crippen molar-refractivity contribution >= 4 is 22.9 Å². The zero-order chi connectivity index (χ0) is 14.4. The van der Waals surface area contributed by atoms with Crippen LogP contribution < -0.4 is 10.1 Å². The molecule has 0 spiro atoms. The summed E-state index contributed by atoms with van der Waals surface area (Å²) in [6.45, 7) is 5.74. The minimum atomic E-state index is 0.292. The fraction of sp³-hybridized carbons (Fsp3) is 0.400. The molecule has 0 radical (unpaired) electrons. The molecule has 0 saturated carbocycles. The highest BCUT2D eigenvalue weighted by Crippen LogP contribution is 2.28. The summed E-state index contributed by atoms with van der Waals surface area (Å²) in [5, 5.41) is 6.05. The Balaban J connectivity index is 1.98. The van der Waals surface area contributed by atoms with Crippen LogP contribution in [-0.4, -0.2) is 11.5 Å². The van der Waals surface area contributed by atoms with Crippen LogP contribution in [0.5, 0.6) is 5.75 Å². The van der Waals surface area contributed by atoms with E-state index in [1.807, 2.05) is 17.5 Å². The zero-order valence-corrected chi connectivity index (χ0v) is 13.3. The van der Waals surface area contributed by atoms with Crippen molar-refractivity contribution in [3.63, 3.8) is 0 Å². The fourth-order valence-corrected chi connectivity index (χ4v) is 2.63. The largest absolute Gasteiger partial charge is 0.486 e. The molecular weight excluding hydrogens is 292 g/mol. The number of thiazole rings is 1. The summed E-state index contributed by atoms with van der Waals surface area (Å²) >= 11 is 7.84. The van der Waals surface area contributed by atoms with E-state index in [4.69, 9.17) is 16.3 Å². The minimum Gasteiger partial charge on any atom is -0.486 e. The molecule has 0 aliphatic heterocycles. The van der Waals surface area contributed by atoms with Gasteiger partial charge in [-0.05, 0) is 37.6 Å². The minimum absolute atomic E-state index is 0.292. The fourth-order valence-electron chi connectivity index (χ4n) is 1.84. The Morgan fingerprint density at radius 2 is 2.30 bits per heavy atom. The van der Waals surface area contributed by atoms with Gasteiger partial charge in [0, 0.05) is 11.4 Å². The van der Waals surface area contributed by atoms with Crippen LogP contribution in [0.15, 0.2) is 29.1 Å². The van der Waals surface area contributed by atoms with Crippen LogP contribution in [0.3, 0.4) is 0 Å². The van der Waals surface area contributed by atoms with Crippen molar-refractivity contribution in [1.82, 2.24) is 10.3 Å². The lowest BCUT2D eigenvalue weighted by Gasteiger charge is -2.15. The van der Waals surface area contributed by atoms with Gasteiger partial charge in [0.15, 0.2) is 0 Å². The van der Waals surface area contributed by atoms with E-state index in [2.05, 4.69) is 30.2 Å². The van der Waals surface area contributed by atoms with Crippen LogP contribution in [0, 0.1) is 0 Å². The first-order valence-corrected chi connectivity index (χ1v) is 8.05. The van der Waals surface area contributed by atoms with Crippen LogP contribution in [-0.2, 0) is 6.61 Å². The van der Waals surface area contributed by atoms with E-state index in [1.165, 1.54) is 5.56 Å². The molecule has 0 saturated heterocycles. The Labute approximate surface area is 129 Å². The molecule has 0 bridgehead atoms. The average molecular weight is 311 g/mol. The number of benzene rings is 1. The smallest absolute Gasteiger partial charge is 0.138 e. The number of rotatable bonds is 7. The molecule has 1 unspecified atom stereocenters. The van der Waals surface area contributed by atoms with Crippen LogP contribution >= 0.6 is 22.9 Å². The van der Waals surface area contributed by atoms with Gasteiger partial charge in [-0.25, -0.2) is 4.98 Å². The van der Waals surface area contributed by atoms with Gasteiger partial charge in [-0.2, -0.15) is 0 Å². The van der Waals surface area contributed by atoms with Crippen LogP contribution in [0.1, 0.15) is 37.6 Å². The average Bonchev–Trinajstić information content (AvgIpc) is 2.96. The van der Waals surface area contributed by atoms with E-state index >= 15 is 0 Å². The first kappa shape index (κ1) is 15.3.